The van der Waals surface area contributed by atoms with Gasteiger partial charge in [-0.2, -0.15) is 4.37 Å². The predicted molar refractivity (Wildman–Crippen MR) is 65.3 cm³/mol. The van der Waals surface area contributed by atoms with Crippen molar-refractivity contribution in [2.75, 3.05) is 11.9 Å². The van der Waals surface area contributed by atoms with Crippen molar-refractivity contribution in [2.24, 2.45) is 5.73 Å². The second-order valence-electron chi connectivity index (χ2n) is 3.69. The summed E-state index contributed by atoms with van der Waals surface area (Å²) in [5, 5.41) is 4.31. The Bertz CT molecular complexity index is 285. The minimum atomic E-state index is -0.0233. The highest BCUT2D eigenvalue weighted by Crippen LogP contribution is 2.22. The number of nitrogens with two attached hydrogens (primary N) is 1. The van der Waals surface area contributed by atoms with Gasteiger partial charge >= 0.3 is 0 Å². The molecule has 1 aromatic heterocycles. The zero-order valence-corrected chi connectivity index (χ0v) is 10.5. The average Bonchev–Trinajstić information content (AvgIpc) is 2.73. The maximum atomic E-state index is 5.81. The molecule has 0 aliphatic heterocycles. The molecule has 3 N–H and O–H groups in total. The van der Waals surface area contributed by atoms with Crippen molar-refractivity contribution < 1.29 is 0 Å². The molecule has 4 nitrogen and oxygen atoms in total. The van der Waals surface area contributed by atoms with E-state index in [2.05, 4.69) is 35.4 Å². The van der Waals surface area contributed by atoms with Gasteiger partial charge in [-0.15, -0.1) is 0 Å². The van der Waals surface area contributed by atoms with Gasteiger partial charge in [-0.3, -0.25) is 0 Å². The van der Waals surface area contributed by atoms with Crippen LogP contribution in [0.1, 0.15) is 39.4 Å². The maximum absolute atomic E-state index is 5.81. The highest BCUT2D eigenvalue weighted by molar-refractivity contribution is 7.09. The van der Waals surface area contributed by atoms with E-state index in [0.717, 1.165) is 30.2 Å². The van der Waals surface area contributed by atoms with Crippen molar-refractivity contribution in [1.82, 2.24) is 9.36 Å². The molecular formula is C10H20N4S. The van der Waals surface area contributed by atoms with Crippen LogP contribution in [0, 0.1) is 0 Å². The zero-order valence-electron chi connectivity index (χ0n) is 9.71. The van der Waals surface area contributed by atoms with E-state index in [4.69, 9.17) is 5.73 Å². The van der Waals surface area contributed by atoms with Crippen LogP contribution in [-0.4, -0.2) is 21.4 Å². The van der Waals surface area contributed by atoms with Gasteiger partial charge in [0.05, 0.1) is 5.54 Å². The Hall–Kier alpha value is -0.680. The van der Waals surface area contributed by atoms with Gasteiger partial charge in [0.2, 0.25) is 5.13 Å². The first-order chi connectivity index (χ1) is 7.19. The number of nitrogens with zero attached hydrogens (tertiary/aromatic N) is 2. The van der Waals surface area contributed by atoms with Crippen LogP contribution in [-0.2, 0) is 6.42 Å². The van der Waals surface area contributed by atoms with Gasteiger partial charge in [-0.05, 0) is 12.8 Å². The normalized spacial score (nSPS) is 11.7. The Morgan fingerprint density at radius 3 is 2.40 bits per heavy atom. The van der Waals surface area contributed by atoms with Crippen molar-refractivity contribution in [3.05, 3.63) is 5.82 Å². The summed E-state index contributed by atoms with van der Waals surface area (Å²) in [5.74, 6) is 0.903. The molecule has 0 bridgehead atoms. The Labute approximate surface area is 95.5 Å². The van der Waals surface area contributed by atoms with Crippen molar-refractivity contribution in [1.29, 1.82) is 0 Å². The number of aromatic nitrogens is 2. The van der Waals surface area contributed by atoms with Crippen LogP contribution in [0.3, 0.4) is 0 Å². The molecular weight excluding hydrogens is 208 g/mol. The third-order valence-electron chi connectivity index (χ3n) is 2.90. The van der Waals surface area contributed by atoms with Crippen LogP contribution in [0.5, 0.6) is 0 Å². The molecule has 0 spiro atoms. The first-order valence-corrected chi connectivity index (χ1v) is 6.27. The Morgan fingerprint density at radius 1 is 1.33 bits per heavy atom. The lowest BCUT2D eigenvalue weighted by atomic mass is 9.93. The molecule has 0 aromatic carbocycles. The smallest absolute Gasteiger partial charge is 0.203 e. The van der Waals surface area contributed by atoms with Crippen LogP contribution in [0.2, 0.25) is 0 Å². The van der Waals surface area contributed by atoms with Gasteiger partial charge in [0, 0.05) is 24.5 Å². The van der Waals surface area contributed by atoms with Crippen molar-refractivity contribution in [3.63, 3.8) is 0 Å². The van der Waals surface area contributed by atoms with Gasteiger partial charge in [-0.1, -0.05) is 20.8 Å². The SMILES string of the molecule is CCc1nsc(NC(CC)(CC)CN)n1. The summed E-state index contributed by atoms with van der Waals surface area (Å²) in [4.78, 5) is 4.40. The number of rotatable bonds is 6. The van der Waals surface area contributed by atoms with E-state index in [9.17, 15) is 0 Å². The minimum absolute atomic E-state index is 0.0233. The Kier molecular flexibility index (Phi) is 4.47. The first kappa shape index (κ1) is 12.4. The van der Waals surface area contributed by atoms with E-state index < -0.39 is 0 Å². The van der Waals surface area contributed by atoms with E-state index in [1.54, 1.807) is 0 Å². The number of aryl methyl sites for hydroxylation is 1. The highest BCUT2D eigenvalue weighted by Gasteiger charge is 2.25. The summed E-state index contributed by atoms with van der Waals surface area (Å²) in [5.41, 5.74) is 5.79. The molecule has 86 valence electrons. The fourth-order valence-electron chi connectivity index (χ4n) is 1.44. The molecule has 5 heteroatoms. The summed E-state index contributed by atoms with van der Waals surface area (Å²) in [6.45, 7) is 6.97. The van der Waals surface area contributed by atoms with Crippen LogP contribution < -0.4 is 11.1 Å². The quantitative estimate of drug-likeness (QED) is 0.782. The number of hydrogen-bond donors (Lipinski definition) is 2. The molecule has 0 radical (unpaired) electrons. The van der Waals surface area contributed by atoms with Crippen molar-refractivity contribution in [3.8, 4) is 0 Å². The van der Waals surface area contributed by atoms with E-state index in [1.165, 1.54) is 11.5 Å². The Morgan fingerprint density at radius 2 is 2.00 bits per heavy atom. The first-order valence-electron chi connectivity index (χ1n) is 5.50. The molecule has 0 saturated heterocycles. The lowest BCUT2D eigenvalue weighted by Gasteiger charge is -2.30. The van der Waals surface area contributed by atoms with Crippen LogP contribution in [0.4, 0.5) is 5.13 Å². The van der Waals surface area contributed by atoms with E-state index in [1.807, 2.05) is 0 Å². The summed E-state index contributed by atoms with van der Waals surface area (Å²) in [6.07, 6.45) is 2.88. The predicted octanol–water partition coefficient (Wildman–Crippen LogP) is 2.03. The van der Waals surface area contributed by atoms with E-state index >= 15 is 0 Å². The fourth-order valence-corrected chi connectivity index (χ4v) is 2.21. The van der Waals surface area contributed by atoms with Gasteiger partial charge in [-0.25, -0.2) is 4.98 Å². The molecule has 1 aromatic rings. The third kappa shape index (κ3) is 2.89. The second kappa shape index (κ2) is 5.42. The molecule has 0 fully saturated rings. The standard InChI is InChI=1S/C10H20N4S/c1-4-8-12-9(15-14-8)13-10(5-2,6-3)7-11/h4-7,11H2,1-3H3,(H,12,13,14). The molecule has 0 amide bonds. The molecule has 15 heavy (non-hydrogen) atoms. The van der Waals surface area contributed by atoms with Crippen molar-refractivity contribution >= 4 is 16.7 Å². The van der Waals surface area contributed by atoms with Crippen molar-refractivity contribution in [2.45, 2.75) is 45.6 Å². The summed E-state index contributed by atoms with van der Waals surface area (Å²) in [6, 6.07) is 0. The molecule has 1 rings (SSSR count). The second-order valence-corrected chi connectivity index (χ2v) is 4.44. The number of nitrogens with one attached hydrogen (secondary N) is 1. The van der Waals surface area contributed by atoms with Gasteiger partial charge in [0.1, 0.15) is 5.82 Å². The topological polar surface area (TPSA) is 63.8 Å². The summed E-state index contributed by atoms with van der Waals surface area (Å²) < 4.78 is 4.25. The lowest BCUT2D eigenvalue weighted by Crippen LogP contribution is -2.44. The highest BCUT2D eigenvalue weighted by atomic mass is 32.1. The summed E-state index contributed by atoms with van der Waals surface area (Å²) in [7, 11) is 0. The van der Waals surface area contributed by atoms with E-state index in [0.29, 0.717) is 6.54 Å². The van der Waals surface area contributed by atoms with E-state index in [-0.39, 0.29) is 5.54 Å². The maximum Gasteiger partial charge on any atom is 0.203 e. The van der Waals surface area contributed by atoms with Gasteiger partial charge < -0.3 is 11.1 Å². The molecule has 0 saturated carbocycles. The fraction of sp³-hybridized carbons (Fsp3) is 0.800. The molecule has 1 heterocycles. The summed E-state index contributed by atoms with van der Waals surface area (Å²) >= 11 is 1.42. The van der Waals surface area contributed by atoms with Crippen LogP contribution >= 0.6 is 11.5 Å². The largest absolute Gasteiger partial charge is 0.354 e. The minimum Gasteiger partial charge on any atom is -0.354 e. The number of anilines is 1. The molecule has 0 atom stereocenters. The van der Waals surface area contributed by atoms with Gasteiger partial charge in [0.15, 0.2) is 0 Å². The number of hydrogen-bond acceptors (Lipinski definition) is 5. The third-order valence-corrected chi connectivity index (χ3v) is 3.57. The lowest BCUT2D eigenvalue weighted by molar-refractivity contribution is 0.445. The van der Waals surface area contributed by atoms with Crippen LogP contribution in [0.25, 0.3) is 0 Å². The zero-order chi connectivity index (χ0) is 11.3. The molecule has 0 aliphatic rings. The monoisotopic (exact) mass is 228 g/mol. The molecule has 0 unspecified atom stereocenters. The molecule has 0 aliphatic carbocycles. The Balaban J connectivity index is 2.73. The van der Waals surface area contributed by atoms with Gasteiger partial charge in [0.25, 0.3) is 0 Å². The van der Waals surface area contributed by atoms with Crippen LogP contribution in [0.15, 0.2) is 0 Å². The average molecular weight is 228 g/mol.